The van der Waals surface area contributed by atoms with Crippen LogP contribution in [-0.4, -0.2) is 183 Å². The number of benzene rings is 6. The van der Waals surface area contributed by atoms with Crippen LogP contribution in [0.1, 0.15) is 140 Å². The van der Waals surface area contributed by atoms with Crippen LogP contribution in [0.25, 0.3) is 10.8 Å². The number of hydrogen-bond acceptors (Lipinski definition) is 24. The van der Waals surface area contributed by atoms with Crippen LogP contribution in [-0.2, 0) is 119 Å². The first-order chi connectivity index (χ1) is 53.4. The van der Waals surface area contributed by atoms with Crippen molar-refractivity contribution in [2.24, 2.45) is 0 Å². The molecule has 0 spiro atoms. The van der Waals surface area contributed by atoms with Crippen LogP contribution in [0.4, 0.5) is 0 Å². The first-order valence-corrected chi connectivity index (χ1v) is 44.5. The second kappa shape index (κ2) is 39.6. The Bertz CT molecular complexity index is 4010. The molecule has 6 aliphatic heterocycles. The van der Waals surface area contributed by atoms with Gasteiger partial charge in [0.05, 0.1) is 86.2 Å². The van der Waals surface area contributed by atoms with Gasteiger partial charge in [-0.25, -0.2) is 4.79 Å². The molecule has 6 saturated heterocycles. The Morgan fingerprint density at radius 2 is 0.928 bits per heavy atom. The van der Waals surface area contributed by atoms with E-state index < -0.39 is 166 Å². The standard InChI is InChI=1S/C85H110O24SSi/c1-53(86)30-39-74(87)102-68-37-41-76(96-54(68)2)106-81-56(4)98-78(46-71(81)93-50-62-31-32-63-26-20-21-29-65(63)44-62)105-72-47-79(99-58(6)83(72)108-85(88)64-27-18-13-19-28-64)103-69-38-40-75(95-55(69)3)104-73-48-80(100-59(7)84(73)109-110(89,90)51-61-24-16-12-17-25-61)107-82-57(5)97-77(45-70(82)92-49-60-22-14-11-15-23-60)101-67-35-33-66(34-36-67)94-52-91-42-43-111(8,9)10/h11-29,31-36,44,54-59,68-73,75-84H,30,37-43,45-52H2,1-10H3/t54-,55-,56+,57+,58+,59+,68-,69-,70+,71+,72+,73+,75-,76-,77-,78-,79+,80-,81+,82+,83+,84+/m0/s1. The largest absolute Gasteiger partial charge is 0.468 e. The molecule has 26 heteroatoms. The quantitative estimate of drug-likeness (QED) is 0.0119. The summed E-state index contributed by atoms with van der Waals surface area (Å²) in [5.41, 5.74) is 2.82. The molecule has 0 N–H and O–H groups in total. The van der Waals surface area contributed by atoms with Gasteiger partial charge in [-0.2, -0.15) is 8.42 Å². The highest BCUT2D eigenvalue weighted by molar-refractivity contribution is 7.85. The van der Waals surface area contributed by atoms with Crippen molar-refractivity contribution in [1.82, 2.24) is 0 Å². The fraction of sp³-hybridized carbons (Fsp3) is 0.565. The predicted octanol–water partition coefficient (Wildman–Crippen LogP) is 14.0. The molecule has 24 nitrogen and oxygen atoms in total. The number of Topliss-reactive ketones (excluding diaryl/α,β-unsaturated/α-hetero) is 1. The van der Waals surface area contributed by atoms with Gasteiger partial charge in [0.25, 0.3) is 10.1 Å². The Kier molecular flexibility index (Phi) is 29.9. The second-order valence-electron chi connectivity index (χ2n) is 31.1. The van der Waals surface area contributed by atoms with Gasteiger partial charge in [0.15, 0.2) is 44.3 Å². The Hall–Kier alpha value is -6.64. The Labute approximate surface area is 653 Å². The number of carbonyl (C=O) groups is 3. The summed E-state index contributed by atoms with van der Waals surface area (Å²) in [4.78, 5) is 38.3. The summed E-state index contributed by atoms with van der Waals surface area (Å²) in [6, 6.07) is 50.1. The van der Waals surface area contributed by atoms with E-state index in [9.17, 15) is 22.8 Å². The third-order valence-electron chi connectivity index (χ3n) is 20.9. The average molecular weight is 1580 g/mol. The van der Waals surface area contributed by atoms with Crippen LogP contribution in [0.15, 0.2) is 158 Å². The molecule has 6 heterocycles. The van der Waals surface area contributed by atoms with Crippen LogP contribution >= 0.6 is 0 Å². The van der Waals surface area contributed by atoms with E-state index in [1.165, 1.54) is 6.92 Å². The molecule has 0 saturated carbocycles. The van der Waals surface area contributed by atoms with Crippen LogP contribution in [0.2, 0.25) is 25.7 Å². The monoisotopic (exact) mass is 1570 g/mol. The zero-order chi connectivity index (χ0) is 78.2. The summed E-state index contributed by atoms with van der Waals surface area (Å²) in [6.07, 6.45) is -13.9. The van der Waals surface area contributed by atoms with E-state index in [2.05, 4.69) is 43.9 Å². The van der Waals surface area contributed by atoms with Crippen molar-refractivity contribution in [2.75, 3.05) is 13.4 Å². The minimum absolute atomic E-state index is 0.00231. The summed E-state index contributed by atoms with van der Waals surface area (Å²) in [6.45, 7) is 20.7. The van der Waals surface area contributed by atoms with E-state index in [4.69, 9.17) is 89.4 Å². The van der Waals surface area contributed by atoms with Gasteiger partial charge >= 0.3 is 11.9 Å². The Morgan fingerprint density at radius 1 is 0.441 bits per heavy atom. The molecule has 12 rings (SSSR count). The first-order valence-electron chi connectivity index (χ1n) is 39.2. The molecule has 6 aliphatic rings. The summed E-state index contributed by atoms with van der Waals surface area (Å²) in [7, 11) is -5.46. The van der Waals surface area contributed by atoms with Gasteiger partial charge in [-0.1, -0.05) is 135 Å². The smallest absolute Gasteiger partial charge is 0.338 e. The normalized spacial score (nSPS) is 31.4. The van der Waals surface area contributed by atoms with Crippen molar-refractivity contribution < 1.29 is 112 Å². The minimum Gasteiger partial charge on any atom is -0.468 e. The van der Waals surface area contributed by atoms with Gasteiger partial charge in [-0.15, -0.1) is 0 Å². The molecular formula is C85H110O24SSi. The number of fused-ring (bicyclic) bond motifs is 1. The number of ketones is 1. The van der Waals surface area contributed by atoms with E-state index in [1.54, 1.807) is 55.5 Å². The number of rotatable bonds is 34. The zero-order valence-electron chi connectivity index (χ0n) is 65.2. The molecule has 0 amide bonds. The highest BCUT2D eigenvalue weighted by atomic mass is 32.2. The molecule has 0 bridgehead atoms. The summed E-state index contributed by atoms with van der Waals surface area (Å²) in [5.74, 6) is -0.272. The molecule has 6 aromatic carbocycles. The molecule has 22 atom stereocenters. The number of esters is 2. The van der Waals surface area contributed by atoms with Crippen LogP contribution in [0.3, 0.4) is 0 Å². The van der Waals surface area contributed by atoms with E-state index in [-0.39, 0.29) is 70.1 Å². The van der Waals surface area contributed by atoms with Crippen molar-refractivity contribution in [1.29, 1.82) is 0 Å². The van der Waals surface area contributed by atoms with Gasteiger partial charge in [0, 0.05) is 59.6 Å². The fourth-order valence-electron chi connectivity index (χ4n) is 14.8. The number of ether oxygens (including phenoxy) is 18. The van der Waals surface area contributed by atoms with Gasteiger partial charge in [-0.3, -0.25) is 8.98 Å². The molecule has 0 unspecified atom stereocenters. The third kappa shape index (κ3) is 24.7. The molecule has 0 aliphatic carbocycles. The summed E-state index contributed by atoms with van der Waals surface area (Å²) in [5, 5.41) is 2.17. The topological polar surface area (TPSA) is 261 Å². The average Bonchev–Trinajstić information content (AvgIpc) is 0.796. The number of hydrogen-bond donors (Lipinski definition) is 0. The lowest BCUT2D eigenvalue weighted by molar-refractivity contribution is -0.340. The Morgan fingerprint density at radius 3 is 1.56 bits per heavy atom. The van der Waals surface area contributed by atoms with Crippen molar-refractivity contribution >= 4 is 46.7 Å². The summed E-state index contributed by atoms with van der Waals surface area (Å²) < 4.78 is 152. The van der Waals surface area contributed by atoms with Gasteiger partial charge < -0.3 is 90.1 Å². The van der Waals surface area contributed by atoms with E-state index >= 15 is 0 Å². The van der Waals surface area contributed by atoms with E-state index in [1.807, 2.05) is 120 Å². The van der Waals surface area contributed by atoms with Gasteiger partial charge in [0.2, 0.25) is 6.29 Å². The van der Waals surface area contributed by atoms with Crippen LogP contribution in [0, 0.1) is 0 Å². The highest BCUT2D eigenvalue weighted by Gasteiger charge is 2.50. The van der Waals surface area contributed by atoms with Crippen molar-refractivity contribution in [2.45, 2.75) is 293 Å². The molecule has 0 aromatic heterocycles. The van der Waals surface area contributed by atoms with Crippen molar-refractivity contribution in [3.05, 3.63) is 180 Å². The maximum Gasteiger partial charge on any atom is 0.338 e. The van der Waals surface area contributed by atoms with E-state index in [0.29, 0.717) is 54.9 Å². The van der Waals surface area contributed by atoms with Gasteiger partial charge in [0.1, 0.15) is 53.6 Å². The predicted molar refractivity (Wildman–Crippen MR) is 411 cm³/mol. The van der Waals surface area contributed by atoms with E-state index in [0.717, 1.165) is 27.9 Å². The lowest BCUT2D eigenvalue weighted by atomic mass is 9.99. The Balaban J connectivity index is 0.718. The fourth-order valence-corrected chi connectivity index (χ4v) is 16.9. The molecular weight excluding hydrogens is 1470 g/mol. The SMILES string of the molecule is CC(=O)CCC(=O)O[C@H]1CC[C@H](O[C@@H]2[C@@H](C)O[C@@H](O[C@@H]3C[C@@H](O[C@H]4CC[C@H](O[C@@H]5C[C@H](O[C@@H]6[C@@H](C)O[C@@H](Oc7ccc(OCOCC[Si](C)(C)C)cc7)C[C@H]6OCc6ccccc6)O[C@H](C)[C@H]5OS(=O)(=O)Cc5ccccc5)O[C@H]4C)O[C@H](C)[C@H]3OC(=O)c3ccccc3)C[C@H]2OCc2ccc3ccccc3c2)O[C@H]1C. The maximum atomic E-state index is 14.1. The van der Waals surface area contributed by atoms with Gasteiger partial charge in [-0.05, 0) is 137 Å². The summed E-state index contributed by atoms with van der Waals surface area (Å²) >= 11 is 0. The van der Waals surface area contributed by atoms with Crippen LogP contribution in [0.5, 0.6) is 11.5 Å². The third-order valence-corrected chi connectivity index (χ3v) is 23.8. The molecule has 0 radical (unpaired) electrons. The molecule has 111 heavy (non-hydrogen) atoms. The highest BCUT2D eigenvalue weighted by Crippen LogP contribution is 2.40. The first kappa shape index (κ1) is 83.8. The lowest BCUT2D eigenvalue weighted by Crippen LogP contribution is -2.57. The maximum absolute atomic E-state index is 14.1. The minimum atomic E-state index is -4.23. The van der Waals surface area contributed by atoms with Crippen molar-refractivity contribution in [3.8, 4) is 11.5 Å². The van der Waals surface area contributed by atoms with Crippen LogP contribution < -0.4 is 9.47 Å². The molecule has 6 aromatic rings. The van der Waals surface area contributed by atoms with Crippen molar-refractivity contribution in [3.63, 3.8) is 0 Å². The number of carbonyl (C=O) groups excluding carboxylic acids is 3. The molecule has 604 valence electrons. The zero-order valence-corrected chi connectivity index (χ0v) is 67.0. The molecule has 6 fully saturated rings. The second-order valence-corrected chi connectivity index (χ2v) is 38.3. The lowest BCUT2D eigenvalue weighted by Gasteiger charge is -2.46.